The first-order valence-electron chi connectivity index (χ1n) is 7.47. The summed E-state index contributed by atoms with van der Waals surface area (Å²) in [6.45, 7) is 0. The molecule has 0 atom stereocenters. The number of carbonyl (C=O) groups is 2. The van der Waals surface area contributed by atoms with E-state index in [2.05, 4.69) is 10.3 Å². The van der Waals surface area contributed by atoms with Gasteiger partial charge >= 0.3 is 5.97 Å². The van der Waals surface area contributed by atoms with E-state index in [1.165, 1.54) is 0 Å². The van der Waals surface area contributed by atoms with Crippen molar-refractivity contribution in [3.8, 4) is 11.3 Å². The van der Waals surface area contributed by atoms with Crippen LogP contribution in [0.2, 0.25) is 0 Å². The van der Waals surface area contributed by atoms with Crippen molar-refractivity contribution in [1.29, 1.82) is 0 Å². The summed E-state index contributed by atoms with van der Waals surface area (Å²) in [6.07, 6.45) is -0.247. The molecule has 0 saturated carbocycles. The summed E-state index contributed by atoms with van der Waals surface area (Å²) < 4.78 is 26.3. The Kier molecular flexibility index (Phi) is 5.04. The van der Waals surface area contributed by atoms with E-state index in [1.807, 2.05) is 6.07 Å². The molecule has 0 saturated heterocycles. The highest BCUT2D eigenvalue weighted by Gasteiger charge is 2.18. The second-order valence-electron chi connectivity index (χ2n) is 5.31. The van der Waals surface area contributed by atoms with Crippen LogP contribution in [-0.2, 0) is 11.2 Å². The maximum Gasteiger partial charge on any atom is 0.308 e. The molecule has 8 heteroatoms. The topological polar surface area (TPSA) is 79.3 Å². The molecule has 0 bridgehead atoms. The van der Waals surface area contributed by atoms with Crippen molar-refractivity contribution in [3.05, 3.63) is 70.6 Å². The van der Waals surface area contributed by atoms with Gasteiger partial charge in [-0.05, 0) is 18.2 Å². The number of amides is 1. The third-order valence-electron chi connectivity index (χ3n) is 3.46. The minimum Gasteiger partial charge on any atom is -0.481 e. The molecule has 0 radical (unpaired) electrons. The van der Waals surface area contributed by atoms with E-state index in [1.54, 1.807) is 24.3 Å². The Morgan fingerprint density at radius 1 is 1.08 bits per heavy atom. The van der Waals surface area contributed by atoms with Gasteiger partial charge < -0.3 is 5.11 Å². The van der Waals surface area contributed by atoms with Crippen molar-refractivity contribution in [2.45, 2.75) is 6.42 Å². The fraction of sp³-hybridized carbons (Fsp3) is 0.0556. The first-order valence-corrected chi connectivity index (χ1v) is 8.29. The molecule has 132 valence electrons. The van der Waals surface area contributed by atoms with Crippen LogP contribution < -0.4 is 5.32 Å². The molecule has 1 heterocycles. The highest BCUT2D eigenvalue weighted by atomic mass is 32.1. The van der Waals surface area contributed by atoms with E-state index in [4.69, 9.17) is 5.11 Å². The summed E-state index contributed by atoms with van der Waals surface area (Å²) in [6, 6.07) is 11.8. The second-order valence-corrected chi connectivity index (χ2v) is 6.39. The van der Waals surface area contributed by atoms with Crippen LogP contribution in [0.15, 0.2) is 48.5 Å². The second kappa shape index (κ2) is 7.40. The number of carboxylic acid groups (broad SMARTS) is 1. The summed E-state index contributed by atoms with van der Waals surface area (Å²) in [7, 11) is 0. The fourth-order valence-electron chi connectivity index (χ4n) is 2.29. The molecule has 26 heavy (non-hydrogen) atoms. The first-order chi connectivity index (χ1) is 12.4. The number of hydrogen-bond acceptors (Lipinski definition) is 4. The Morgan fingerprint density at radius 2 is 1.81 bits per heavy atom. The van der Waals surface area contributed by atoms with Gasteiger partial charge in [0.2, 0.25) is 0 Å². The van der Waals surface area contributed by atoms with Gasteiger partial charge in [-0.25, -0.2) is 13.8 Å². The van der Waals surface area contributed by atoms with E-state index < -0.39 is 23.5 Å². The van der Waals surface area contributed by atoms with Crippen LogP contribution in [0, 0.1) is 11.6 Å². The molecule has 2 N–H and O–H groups in total. The molecule has 3 rings (SSSR count). The van der Waals surface area contributed by atoms with E-state index in [0.29, 0.717) is 16.1 Å². The number of carbonyl (C=O) groups excluding carboxylic acids is 1. The predicted octanol–water partition coefficient (Wildman–Crippen LogP) is 3.97. The van der Waals surface area contributed by atoms with Crippen molar-refractivity contribution in [2.75, 3.05) is 5.32 Å². The number of aromatic nitrogens is 1. The van der Waals surface area contributed by atoms with Crippen LogP contribution in [0.1, 0.15) is 15.2 Å². The number of anilines is 1. The van der Waals surface area contributed by atoms with Crippen LogP contribution in [0.4, 0.5) is 13.9 Å². The zero-order valence-corrected chi connectivity index (χ0v) is 14.0. The number of thiazole rings is 1. The molecule has 1 aromatic heterocycles. The maximum absolute atomic E-state index is 13.3. The molecule has 2 aromatic carbocycles. The molecule has 0 aliphatic heterocycles. The number of benzene rings is 2. The first kappa shape index (κ1) is 17.7. The Hall–Kier alpha value is -3.13. The number of carboxylic acids is 1. The number of rotatable bonds is 5. The Balaban J connectivity index is 1.90. The van der Waals surface area contributed by atoms with Gasteiger partial charge in [-0.2, -0.15) is 0 Å². The molecule has 3 aromatic rings. The lowest BCUT2D eigenvalue weighted by Crippen LogP contribution is -2.12. The minimum atomic E-state index is -1.13. The SMILES string of the molecule is O=C(O)Cc1sc(NC(=O)c2ccc(F)c(F)c2)nc1-c1ccccc1. The monoisotopic (exact) mass is 374 g/mol. The zero-order chi connectivity index (χ0) is 18.7. The molecule has 0 unspecified atom stereocenters. The van der Waals surface area contributed by atoms with E-state index in [9.17, 15) is 18.4 Å². The van der Waals surface area contributed by atoms with Gasteiger partial charge in [-0.15, -0.1) is 11.3 Å². The van der Waals surface area contributed by atoms with Gasteiger partial charge in [0.1, 0.15) is 0 Å². The van der Waals surface area contributed by atoms with Crippen molar-refractivity contribution in [2.24, 2.45) is 0 Å². The maximum atomic E-state index is 13.3. The lowest BCUT2D eigenvalue weighted by molar-refractivity contribution is -0.136. The molecular formula is C18H12F2N2O3S. The molecule has 0 aliphatic carbocycles. The van der Waals surface area contributed by atoms with E-state index in [0.717, 1.165) is 29.5 Å². The van der Waals surface area contributed by atoms with Crippen molar-refractivity contribution >= 4 is 28.3 Å². The largest absolute Gasteiger partial charge is 0.481 e. The van der Waals surface area contributed by atoms with Crippen LogP contribution in [0.5, 0.6) is 0 Å². The number of halogens is 2. The lowest BCUT2D eigenvalue weighted by atomic mass is 10.1. The number of nitrogens with one attached hydrogen (secondary N) is 1. The third kappa shape index (κ3) is 3.92. The third-order valence-corrected chi connectivity index (χ3v) is 4.43. The van der Waals surface area contributed by atoms with Gasteiger partial charge in [0, 0.05) is 16.0 Å². The van der Waals surface area contributed by atoms with Gasteiger partial charge in [0.25, 0.3) is 5.91 Å². The summed E-state index contributed by atoms with van der Waals surface area (Å²) in [5, 5.41) is 11.7. The molecule has 0 spiro atoms. The van der Waals surface area contributed by atoms with Crippen molar-refractivity contribution in [3.63, 3.8) is 0 Å². The molecular weight excluding hydrogens is 362 g/mol. The Morgan fingerprint density at radius 3 is 2.46 bits per heavy atom. The van der Waals surface area contributed by atoms with Gasteiger partial charge in [-0.3, -0.25) is 14.9 Å². The number of aliphatic carboxylic acids is 1. The summed E-state index contributed by atoms with van der Waals surface area (Å²) in [5.41, 5.74) is 1.10. The van der Waals surface area contributed by atoms with Crippen molar-refractivity contribution in [1.82, 2.24) is 4.98 Å². The van der Waals surface area contributed by atoms with Crippen LogP contribution in [0.3, 0.4) is 0 Å². The highest BCUT2D eigenvalue weighted by Crippen LogP contribution is 2.31. The number of hydrogen-bond donors (Lipinski definition) is 2. The minimum absolute atomic E-state index is 0.0693. The smallest absolute Gasteiger partial charge is 0.308 e. The van der Waals surface area contributed by atoms with E-state index in [-0.39, 0.29) is 17.1 Å². The standard InChI is InChI=1S/C18H12F2N2O3S/c19-12-7-6-11(8-13(12)20)17(25)22-18-21-16(10-4-2-1-3-5-10)14(26-18)9-15(23)24/h1-8H,9H2,(H,23,24)(H,21,22,25). The summed E-state index contributed by atoms with van der Waals surface area (Å²) in [5.74, 6) is -3.87. The quantitative estimate of drug-likeness (QED) is 0.708. The highest BCUT2D eigenvalue weighted by molar-refractivity contribution is 7.16. The van der Waals surface area contributed by atoms with Gasteiger partial charge in [0.05, 0.1) is 12.1 Å². The van der Waals surface area contributed by atoms with Gasteiger partial charge in [0.15, 0.2) is 16.8 Å². The Labute approximate surface area is 150 Å². The summed E-state index contributed by atoms with van der Waals surface area (Å²) in [4.78, 5) is 28.1. The van der Waals surface area contributed by atoms with Crippen molar-refractivity contribution < 1.29 is 23.5 Å². The normalized spacial score (nSPS) is 10.5. The molecule has 5 nitrogen and oxygen atoms in total. The molecule has 1 amide bonds. The van der Waals surface area contributed by atoms with E-state index >= 15 is 0 Å². The van der Waals surface area contributed by atoms with Crippen LogP contribution >= 0.6 is 11.3 Å². The average molecular weight is 374 g/mol. The average Bonchev–Trinajstić information content (AvgIpc) is 2.99. The van der Waals surface area contributed by atoms with Crippen LogP contribution in [0.25, 0.3) is 11.3 Å². The molecule has 0 fully saturated rings. The van der Waals surface area contributed by atoms with Crippen LogP contribution in [-0.4, -0.2) is 22.0 Å². The Bertz CT molecular complexity index is 974. The predicted molar refractivity (Wildman–Crippen MR) is 93.2 cm³/mol. The molecule has 0 aliphatic rings. The van der Waals surface area contributed by atoms with Gasteiger partial charge in [-0.1, -0.05) is 30.3 Å². The summed E-state index contributed by atoms with van der Waals surface area (Å²) >= 11 is 1.02. The fourth-order valence-corrected chi connectivity index (χ4v) is 3.26. The number of nitrogens with zero attached hydrogens (tertiary/aromatic N) is 1. The zero-order valence-electron chi connectivity index (χ0n) is 13.2. The lowest BCUT2D eigenvalue weighted by Gasteiger charge is -2.02.